The minimum atomic E-state index is 0.299. The smallest absolute Gasteiger partial charge is 0.0447 e. The molecule has 0 radical (unpaired) electrons. The van der Waals surface area contributed by atoms with Crippen LogP contribution >= 0.6 is 54.5 Å². The van der Waals surface area contributed by atoms with Crippen LogP contribution in [0.4, 0.5) is 0 Å². The fourth-order valence-corrected chi connectivity index (χ4v) is 4.60. The highest BCUT2D eigenvalue weighted by Crippen LogP contribution is 2.35. The van der Waals surface area contributed by atoms with Crippen molar-refractivity contribution in [2.75, 3.05) is 0 Å². The lowest BCUT2D eigenvalue weighted by Crippen LogP contribution is -1.98. The van der Waals surface area contributed by atoms with E-state index in [0.717, 1.165) is 10.9 Å². The monoisotopic (exact) mass is 514 g/mol. The van der Waals surface area contributed by atoms with E-state index in [1.165, 1.54) is 25.5 Å². The second-order valence-corrected chi connectivity index (χ2v) is 8.18. The lowest BCUT2D eigenvalue weighted by molar-refractivity contribution is 0.950. The van der Waals surface area contributed by atoms with Crippen molar-refractivity contribution in [1.29, 1.82) is 0 Å². The lowest BCUT2D eigenvalue weighted by Gasteiger charge is -2.14. The van der Waals surface area contributed by atoms with Crippen LogP contribution in [-0.2, 0) is 6.42 Å². The van der Waals surface area contributed by atoms with Crippen LogP contribution in [0.5, 0.6) is 0 Å². The fourth-order valence-electron chi connectivity index (χ4n) is 2.53. The van der Waals surface area contributed by atoms with Crippen LogP contribution in [0.3, 0.4) is 0 Å². The number of halogens is 3. The maximum Gasteiger partial charge on any atom is 0.0447 e. The first kappa shape index (κ1) is 15.5. The highest BCUT2D eigenvalue weighted by molar-refractivity contribution is 14.1. The third kappa shape index (κ3) is 3.51. The van der Waals surface area contributed by atoms with Gasteiger partial charge in [0.25, 0.3) is 0 Å². The van der Waals surface area contributed by atoms with Gasteiger partial charge in [0.05, 0.1) is 0 Å². The number of alkyl halides is 1. The molecule has 0 nitrogen and oxygen atoms in total. The molecule has 0 amide bonds. The van der Waals surface area contributed by atoms with Crippen LogP contribution in [0, 0.1) is 3.57 Å². The quantitative estimate of drug-likeness (QED) is 0.263. The van der Waals surface area contributed by atoms with Crippen molar-refractivity contribution in [2.24, 2.45) is 0 Å². The Labute approximate surface area is 155 Å². The van der Waals surface area contributed by atoms with Gasteiger partial charge in [-0.3, -0.25) is 0 Å². The van der Waals surface area contributed by atoms with Gasteiger partial charge in [-0.05, 0) is 69.1 Å². The lowest BCUT2D eigenvalue weighted by atomic mass is 9.98. The average Bonchev–Trinajstić information content (AvgIpc) is 2.50. The third-order valence-corrected chi connectivity index (χ3v) is 5.78. The van der Waals surface area contributed by atoms with E-state index in [9.17, 15) is 0 Å². The first-order valence-electron chi connectivity index (χ1n) is 6.71. The Morgan fingerprint density at radius 2 is 1.71 bits per heavy atom. The van der Waals surface area contributed by atoms with Crippen LogP contribution in [-0.4, -0.2) is 0 Å². The van der Waals surface area contributed by atoms with Crippen LogP contribution in [0.15, 0.2) is 65.1 Å². The molecule has 21 heavy (non-hydrogen) atoms. The van der Waals surface area contributed by atoms with Crippen LogP contribution < -0.4 is 0 Å². The summed E-state index contributed by atoms with van der Waals surface area (Å²) < 4.78 is 2.41. The van der Waals surface area contributed by atoms with Crippen molar-refractivity contribution in [3.8, 4) is 0 Å². The highest BCUT2D eigenvalue weighted by atomic mass is 127. The minimum absolute atomic E-state index is 0.299. The first-order valence-corrected chi connectivity index (χ1v) is 9.49. The van der Waals surface area contributed by atoms with Crippen LogP contribution in [0.1, 0.15) is 16.0 Å². The van der Waals surface area contributed by atoms with Gasteiger partial charge >= 0.3 is 0 Å². The number of benzene rings is 3. The van der Waals surface area contributed by atoms with Gasteiger partial charge in [0.2, 0.25) is 0 Å². The van der Waals surface area contributed by atoms with E-state index in [-0.39, 0.29) is 0 Å². The Bertz CT molecular complexity index is 778. The van der Waals surface area contributed by atoms with Gasteiger partial charge in [-0.2, -0.15) is 0 Å². The molecule has 1 unspecified atom stereocenters. The standard InChI is InChI=1S/C18H13Br2I/c19-17-9-8-14(21)11-16(17)18(20)10-13-6-3-5-12-4-1-2-7-15(12)13/h1-9,11,18H,10H2. The van der Waals surface area contributed by atoms with Crippen LogP contribution in [0.2, 0.25) is 0 Å². The summed E-state index contributed by atoms with van der Waals surface area (Å²) in [6.45, 7) is 0. The number of hydrogen-bond donors (Lipinski definition) is 0. The molecule has 0 spiro atoms. The van der Waals surface area contributed by atoms with Crippen molar-refractivity contribution in [3.63, 3.8) is 0 Å². The molecular formula is C18H13Br2I. The molecule has 3 aromatic rings. The van der Waals surface area contributed by atoms with Crippen molar-refractivity contribution >= 4 is 65.2 Å². The Morgan fingerprint density at radius 3 is 2.57 bits per heavy atom. The molecule has 0 aliphatic carbocycles. The van der Waals surface area contributed by atoms with E-state index in [2.05, 4.69) is 115 Å². The molecule has 1 atom stereocenters. The van der Waals surface area contributed by atoms with Crippen molar-refractivity contribution < 1.29 is 0 Å². The summed E-state index contributed by atoms with van der Waals surface area (Å²) in [6.07, 6.45) is 0.972. The van der Waals surface area contributed by atoms with Crippen molar-refractivity contribution in [3.05, 3.63) is 79.8 Å². The zero-order valence-corrected chi connectivity index (χ0v) is 16.5. The van der Waals surface area contributed by atoms with Gasteiger partial charge in [0, 0.05) is 12.9 Å². The van der Waals surface area contributed by atoms with Gasteiger partial charge in [0.15, 0.2) is 0 Å². The average molecular weight is 516 g/mol. The second kappa shape index (κ2) is 6.80. The molecule has 0 heterocycles. The summed E-state index contributed by atoms with van der Waals surface area (Å²) in [6, 6.07) is 21.6. The Balaban J connectivity index is 1.96. The molecule has 0 saturated heterocycles. The molecule has 3 rings (SSSR count). The number of rotatable bonds is 3. The maximum atomic E-state index is 3.86. The molecule has 106 valence electrons. The summed E-state index contributed by atoms with van der Waals surface area (Å²) in [5.74, 6) is 0. The molecule has 0 fully saturated rings. The molecular weight excluding hydrogens is 503 g/mol. The van der Waals surface area contributed by atoms with Gasteiger partial charge in [0.1, 0.15) is 0 Å². The highest BCUT2D eigenvalue weighted by Gasteiger charge is 2.13. The van der Waals surface area contributed by atoms with E-state index in [4.69, 9.17) is 0 Å². The predicted molar refractivity (Wildman–Crippen MR) is 106 cm³/mol. The molecule has 0 aliphatic rings. The fraction of sp³-hybridized carbons (Fsp3) is 0.111. The van der Waals surface area contributed by atoms with Gasteiger partial charge < -0.3 is 0 Å². The third-order valence-electron chi connectivity index (χ3n) is 3.57. The maximum absolute atomic E-state index is 3.86. The Hall–Kier alpha value is -0.390. The summed E-state index contributed by atoms with van der Waals surface area (Å²) in [7, 11) is 0. The summed E-state index contributed by atoms with van der Waals surface area (Å²) in [4.78, 5) is 0.299. The first-order chi connectivity index (χ1) is 10.1. The Kier molecular flexibility index (Phi) is 5.02. The molecule has 3 heteroatoms. The molecule has 0 N–H and O–H groups in total. The molecule has 0 saturated carbocycles. The zero-order valence-electron chi connectivity index (χ0n) is 11.2. The van der Waals surface area contributed by atoms with E-state index in [1.54, 1.807) is 0 Å². The normalized spacial score (nSPS) is 12.5. The zero-order chi connectivity index (χ0) is 14.8. The van der Waals surface area contributed by atoms with E-state index < -0.39 is 0 Å². The van der Waals surface area contributed by atoms with Crippen molar-refractivity contribution in [2.45, 2.75) is 11.2 Å². The van der Waals surface area contributed by atoms with E-state index in [0.29, 0.717) is 4.83 Å². The van der Waals surface area contributed by atoms with Gasteiger partial charge in [-0.1, -0.05) is 74.3 Å². The number of fused-ring (bicyclic) bond motifs is 1. The summed E-state index contributed by atoms with van der Waals surface area (Å²) in [5, 5.41) is 2.64. The van der Waals surface area contributed by atoms with Gasteiger partial charge in [-0.25, -0.2) is 0 Å². The second-order valence-electron chi connectivity index (χ2n) is 4.98. The molecule has 0 aromatic heterocycles. The number of hydrogen-bond acceptors (Lipinski definition) is 0. The molecule has 0 bridgehead atoms. The topological polar surface area (TPSA) is 0 Å². The van der Waals surface area contributed by atoms with E-state index in [1.807, 2.05) is 0 Å². The predicted octanol–water partition coefficient (Wildman–Crippen LogP) is 6.89. The van der Waals surface area contributed by atoms with Crippen molar-refractivity contribution in [1.82, 2.24) is 0 Å². The molecule has 3 aromatic carbocycles. The largest absolute Gasteiger partial charge is 0.0835 e. The van der Waals surface area contributed by atoms with Crippen LogP contribution in [0.25, 0.3) is 10.8 Å². The minimum Gasteiger partial charge on any atom is -0.0835 e. The summed E-state index contributed by atoms with van der Waals surface area (Å²) in [5.41, 5.74) is 2.68. The van der Waals surface area contributed by atoms with E-state index >= 15 is 0 Å². The Morgan fingerprint density at radius 1 is 0.952 bits per heavy atom. The van der Waals surface area contributed by atoms with Gasteiger partial charge in [-0.15, -0.1) is 0 Å². The summed E-state index contributed by atoms with van der Waals surface area (Å²) >= 11 is 9.88. The SMILES string of the molecule is Brc1ccc(I)cc1C(Br)Cc1cccc2ccccc12. The molecule has 0 aliphatic heterocycles.